The van der Waals surface area contributed by atoms with E-state index in [4.69, 9.17) is 4.42 Å². The van der Waals surface area contributed by atoms with E-state index in [0.29, 0.717) is 23.3 Å². The van der Waals surface area contributed by atoms with Crippen LogP contribution in [0.15, 0.2) is 39.5 Å². The summed E-state index contributed by atoms with van der Waals surface area (Å²) in [4.78, 5) is 25.7. The lowest BCUT2D eigenvalue weighted by molar-refractivity contribution is -0.0354. The molecule has 2 aromatic rings. The molecule has 23 heavy (non-hydrogen) atoms. The number of para-hydroxylation sites is 1. The lowest BCUT2D eigenvalue weighted by atomic mass is 9.48. The number of hydrogen-bond acceptors (Lipinski definition) is 3. The highest BCUT2D eigenvalue weighted by atomic mass is 16.4. The molecular weight excluding hydrogens is 288 g/mol. The molecule has 4 aliphatic carbocycles. The summed E-state index contributed by atoms with van der Waals surface area (Å²) >= 11 is 0. The molecule has 4 bridgehead atoms. The van der Waals surface area contributed by atoms with Gasteiger partial charge in [-0.2, -0.15) is 0 Å². The van der Waals surface area contributed by atoms with E-state index in [9.17, 15) is 9.59 Å². The minimum atomic E-state index is -0.468. The van der Waals surface area contributed by atoms with Gasteiger partial charge in [0.15, 0.2) is 5.78 Å². The van der Waals surface area contributed by atoms with Gasteiger partial charge >= 0.3 is 5.63 Å². The van der Waals surface area contributed by atoms with Crippen LogP contribution in [0.25, 0.3) is 11.0 Å². The molecule has 1 aromatic carbocycles. The van der Waals surface area contributed by atoms with E-state index in [2.05, 4.69) is 0 Å². The number of Topliss-reactive ketones (excluding diaryl/α,β-unsaturated/α-hetero) is 1. The first-order valence-corrected chi connectivity index (χ1v) is 8.71. The molecule has 0 saturated heterocycles. The highest BCUT2D eigenvalue weighted by molar-refractivity contribution is 6.02. The average molecular weight is 308 g/mol. The van der Waals surface area contributed by atoms with Gasteiger partial charge in [0.1, 0.15) is 11.1 Å². The Kier molecular flexibility index (Phi) is 2.68. The van der Waals surface area contributed by atoms with Crippen molar-refractivity contribution in [2.24, 2.45) is 23.2 Å². The van der Waals surface area contributed by atoms with Crippen LogP contribution in [0, 0.1) is 23.2 Å². The third-order valence-corrected chi connectivity index (χ3v) is 6.41. The second-order valence-electron chi connectivity index (χ2n) is 8.01. The summed E-state index contributed by atoms with van der Waals surface area (Å²) in [5, 5.41) is 0.833. The number of rotatable bonds is 2. The van der Waals surface area contributed by atoms with Gasteiger partial charge in [0, 0.05) is 10.8 Å². The fourth-order valence-electron chi connectivity index (χ4n) is 5.89. The highest BCUT2D eigenvalue weighted by Crippen LogP contribution is 2.60. The van der Waals surface area contributed by atoms with Gasteiger partial charge in [-0.15, -0.1) is 0 Å². The van der Waals surface area contributed by atoms with E-state index in [1.54, 1.807) is 12.1 Å². The van der Waals surface area contributed by atoms with Crippen molar-refractivity contribution in [3.8, 4) is 0 Å². The van der Waals surface area contributed by atoms with Crippen molar-refractivity contribution in [3.05, 3.63) is 46.3 Å². The van der Waals surface area contributed by atoms with Crippen LogP contribution in [-0.4, -0.2) is 5.78 Å². The van der Waals surface area contributed by atoms with Crippen LogP contribution in [0.5, 0.6) is 0 Å². The number of fused-ring (bicyclic) bond motifs is 1. The first-order chi connectivity index (χ1) is 11.1. The summed E-state index contributed by atoms with van der Waals surface area (Å²) in [6.45, 7) is 0. The Morgan fingerprint density at radius 3 is 2.26 bits per heavy atom. The molecule has 0 spiro atoms. The third kappa shape index (κ3) is 1.95. The van der Waals surface area contributed by atoms with Crippen LogP contribution in [0.1, 0.15) is 48.9 Å². The van der Waals surface area contributed by atoms with E-state index in [1.807, 2.05) is 18.2 Å². The molecule has 4 saturated carbocycles. The Hall–Kier alpha value is -1.90. The first-order valence-electron chi connectivity index (χ1n) is 8.71. The lowest BCUT2D eigenvalue weighted by Gasteiger charge is -2.55. The van der Waals surface area contributed by atoms with Gasteiger partial charge in [-0.25, -0.2) is 4.79 Å². The van der Waals surface area contributed by atoms with Crippen LogP contribution in [0.3, 0.4) is 0 Å². The normalized spacial score (nSPS) is 34.9. The predicted molar refractivity (Wildman–Crippen MR) is 87.4 cm³/mol. The molecule has 1 aromatic heterocycles. The molecule has 0 amide bonds. The van der Waals surface area contributed by atoms with Gasteiger partial charge in [-0.1, -0.05) is 18.2 Å². The lowest BCUT2D eigenvalue weighted by Crippen LogP contribution is -2.50. The van der Waals surface area contributed by atoms with E-state index in [1.165, 1.54) is 19.3 Å². The predicted octanol–water partition coefficient (Wildman–Crippen LogP) is 4.19. The van der Waals surface area contributed by atoms with Gasteiger partial charge in [-0.05, 0) is 68.4 Å². The van der Waals surface area contributed by atoms with Crippen molar-refractivity contribution < 1.29 is 9.21 Å². The Bertz CT molecular complexity index is 825. The molecule has 3 heteroatoms. The molecule has 118 valence electrons. The van der Waals surface area contributed by atoms with Gasteiger partial charge in [0.05, 0.1) is 0 Å². The van der Waals surface area contributed by atoms with Crippen molar-refractivity contribution >= 4 is 16.8 Å². The second-order valence-corrected chi connectivity index (χ2v) is 8.01. The van der Waals surface area contributed by atoms with Gasteiger partial charge < -0.3 is 4.42 Å². The van der Waals surface area contributed by atoms with Gasteiger partial charge in [0.2, 0.25) is 0 Å². The molecule has 0 aliphatic heterocycles. The largest absolute Gasteiger partial charge is 0.422 e. The van der Waals surface area contributed by atoms with Crippen LogP contribution >= 0.6 is 0 Å². The molecule has 1 heterocycles. The minimum Gasteiger partial charge on any atom is -0.422 e. The monoisotopic (exact) mass is 308 g/mol. The summed E-state index contributed by atoms with van der Waals surface area (Å²) < 4.78 is 5.40. The van der Waals surface area contributed by atoms with Gasteiger partial charge in [-0.3, -0.25) is 4.79 Å². The highest BCUT2D eigenvalue weighted by Gasteiger charge is 2.55. The fourth-order valence-corrected chi connectivity index (χ4v) is 5.89. The molecule has 6 rings (SSSR count). The van der Waals surface area contributed by atoms with Crippen molar-refractivity contribution in [1.29, 1.82) is 0 Å². The number of carbonyl (C=O) groups excluding carboxylic acids is 1. The minimum absolute atomic E-state index is 0.0519. The molecule has 4 aliphatic rings. The molecule has 0 atom stereocenters. The summed E-state index contributed by atoms with van der Waals surface area (Å²) in [6.07, 6.45) is 6.80. The van der Waals surface area contributed by atoms with Gasteiger partial charge in [0.25, 0.3) is 0 Å². The van der Waals surface area contributed by atoms with E-state index >= 15 is 0 Å². The van der Waals surface area contributed by atoms with E-state index in [0.717, 1.165) is 24.6 Å². The van der Waals surface area contributed by atoms with Crippen molar-refractivity contribution in [1.82, 2.24) is 0 Å². The Morgan fingerprint density at radius 2 is 1.61 bits per heavy atom. The zero-order valence-electron chi connectivity index (χ0n) is 13.1. The maximum atomic E-state index is 13.3. The van der Waals surface area contributed by atoms with E-state index < -0.39 is 5.63 Å². The van der Waals surface area contributed by atoms with Crippen molar-refractivity contribution in [2.45, 2.75) is 38.5 Å². The molecule has 0 unspecified atom stereocenters. The summed E-state index contributed by atoms with van der Waals surface area (Å²) in [7, 11) is 0. The third-order valence-electron chi connectivity index (χ3n) is 6.41. The summed E-state index contributed by atoms with van der Waals surface area (Å²) in [5.41, 5.74) is 0.0703. The molecule has 0 N–H and O–H groups in total. The molecule has 3 nitrogen and oxygen atoms in total. The Morgan fingerprint density at radius 1 is 1.00 bits per heavy atom. The maximum Gasteiger partial charge on any atom is 0.347 e. The summed E-state index contributed by atoms with van der Waals surface area (Å²) in [6, 6.07) is 9.17. The number of hydrogen-bond donors (Lipinski definition) is 0. The number of carbonyl (C=O) groups is 1. The van der Waals surface area contributed by atoms with Crippen LogP contribution < -0.4 is 5.63 Å². The van der Waals surface area contributed by atoms with Crippen molar-refractivity contribution in [2.75, 3.05) is 0 Å². The zero-order chi connectivity index (χ0) is 15.6. The van der Waals surface area contributed by atoms with Crippen LogP contribution in [0.4, 0.5) is 0 Å². The zero-order valence-corrected chi connectivity index (χ0v) is 13.1. The smallest absolute Gasteiger partial charge is 0.347 e. The van der Waals surface area contributed by atoms with Crippen LogP contribution in [0.2, 0.25) is 0 Å². The Labute approximate surface area is 134 Å². The topological polar surface area (TPSA) is 47.3 Å². The van der Waals surface area contributed by atoms with Crippen LogP contribution in [-0.2, 0) is 0 Å². The number of ketones is 1. The molecule has 0 radical (unpaired) electrons. The maximum absolute atomic E-state index is 13.3. The first kappa shape index (κ1) is 13.5. The van der Waals surface area contributed by atoms with Crippen molar-refractivity contribution in [3.63, 3.8) is 0 Å². The second kappa shape index (κ2) is 4.56. The standard InChI is InChI=1S/C20H20O3/c21-18(16-8-15-3-1-2-4-17(15)23-19(16)22)20-9-12-5-13(10-20)7-14(6-12)11-20/h1-4,8,12-14H,5-7,9-11H2. The fraction of sp³-hybridized carbons (Fsp3) is 0.500. The quantitative estimate of drug-likeness (QED) is 0.617. The Balaban J connectivity index is 1.61. The van der Waals surface area contributed by atoms with E-state index in [-0.39, 0.29) is 16.8 Å². The molecule has 4 fully saturated rings. The SMILES string of the molecule is O=C(c1cc2ccccc2oc1=O)C12CC3CC(CC(C3)C1)C2. The number of benzene rings is 1. The molecular formula is C20H20O3. The average Bonchev–Trinajstić information content (AvgIpc) is 2.52. The summed E-state index contributed by atoms with van der Waals surface area (Å²) in [5.74, 6) is 2.13.